The Balaban J connectivity index is 1.32. The molecule has 7 heteroatoms. The third kappa shape index (κ3) is 4.05. The Morgan fingerprint density at radius 1 is 1.03 bits per heavy atom. The van der Waals surface area contributed by atoms with Crippen molar-refractivity contribution in [2.75, 3.05) is 31.1 Å². The number of carbonyl (C=O) groups is 1. The standard InChI is InChI=1S/C24H23ClN4OS/c1-17-21-15-22(31-24(21)29(26-17)16-18-7-9-19(25)10-8-18)23(30)28-13-11-27(12-14-28)20-5-3-2-4-6-20/h2-10,15H,11-14,16H2,1H3. The van der Waals surface area contributed by atoms with E-state index in [4.69, 9.17) is 11.6 Å². The minimum absolute atomic E-state index is 0.117. The minimum Gasteiger partial charge on any atom is -0.368 e. The molecule has 31 heavy (non-hydrogen) atoms. The molecule has 2 aromatic carbocycles. The van der Waals surface area contributed by atoms with E-state index in [1.54, 1.807) is 0 Å². The first kappa shape index (κ1) is 20.1. The zero-order valence-corrected chi connectivity index (χ0v) is 18.9. The lowest BCUT2D eigenvalue weighted by Crippen LogP contribution is -2.48. The molecule has 5 nitrogen and oxygen atoms in total. The van der Waals surface area contributed by atoms with Gasteiger partial charge in [0.05, 0.1) is 17.1 Å². The summed E-state index contributed by atoms with van der Waals surface area (Å²) >= 11 is 7.54. The van der Waals surface area contributed by atoms with Crippen molar-refractivity contribution in [3.8, 4) is 0 Å². The highest BCUT2D eigenvalue weighted by Gasteiger charge is 2.25. The Labute approximate surface area is 190 Å². The Hall–Kier alpha value is -2.83. The van der Waals surface area contributed by atoms with Gasteiger partial charge in [-0.15, -0.1) is 11.3 Å². The van der Waals surface area contributed by atoms with Gasteiger partial charge in [-0.05, 0) is 42.8 Å². The van der Waals surface area contributed by atoms with E-state index in [9.17, 15) is 4.79 Å². The fourth-order valence-corrected chi connectivity index (χ4v) is 5.31. The molecule has 5 rings (SSSR count). The number of thiophene rings is 1. The highest BCUT2D eigenvalue weighted by Crippen LogP contribution is 2.30. The van der Waals surface area contributed by atoms with Gasteiger partial charge >= 0.3 is 0 Å². The van der Waals surface area contributed by atoms with E-state index >= 15 is 0 Å². The van der Waals surface area contributed by atoms with Gasteiger partial charge in [0.2, 0.25) is 0 Å². The van der Waals surface area contributed by atoms with Gasteiger partial charge in [0.15, 0.2) is 0 Å². The average molecular weight is 451 g/mol. The molecule has 0 atom stereocenters. The van der Waals surface area contributed by atoms with Crippen molar-refractivity contribution in [1.29, 1.82) is 0 Å². The molecule has 4 aromatic rings. The van der Waals surface area contributed by atoms with Gasteiger partial charge < -0.3 is 9.80 Å². The van der Waals surface area contributed by atoms with E-state index in [2.05, 4.69) is 34.3 Å². The second-order valence-electron chi connectivity index (χ2n) is 7.81. The smallest absolute Gasteiger partial charge is 0.264 e. The third-order valence-corrected chi connectivity index (χ3v) is 7.14. The van der Waals surface area contributed by atoms with E-state index in [1.807, 2.05) is 52.9 Å². The molecule has 1 aliphatic rings. The maximum absolute atomic E-state index is 13.2. The van der Waals surface area contributed by atoms with E-state index in [-0.39, 0.29) is 5.91 Å². The van der Waals surface area contributed by atoms with Crippen LogP contribution in [0.1, 0.15) is 20.9 Å². The largest absolute Gasteiger partial charge is 0.368 e. The summed E-state index contributed by atoms with van der Waals surface area (Å²) < 4.78 is 1.99. The van der Waals surface area contributed by atoms with E-state index in [0.717, 1.165) is 57.6 Å². The number of benzene rings is 2. The summed E-state index contributed by atoms with van der Waals surface area (Å²) in [6, 6.07) is 20.2. The minimum atomic E-state index is 0.117. The van der Waals surface area contributed by atoms with Gasteiger partial charge in [-0.3, -0.25) is 9.48 Å². The summed E-state index contributed by atoms with van der Waals surface area (Å²) in [7, 11) is 0. The second kappa shape index (κ2) is 8.36. The maximum atomic E-state index is 13.2. The van der Waals surface area contributed by atoms with Crippen molar-refractivity contribution in [2.24, 2.45) is 0 Å². The number of hydrogen-bond donors (Lipinski definition) is 0. The molecule has 158 valence electrons. The van der Waals surface area contributed by atoms with Crippen LogP contribution in [-0.2, 0) is 6.54 Å². The molecule has 0 saturated carbocycles. The molecule has 1 saturated heterocycles. The van der Waals surface area contributed by atoms with Crippen molar-refractivity contribution in [3.05, 3.63) is 81.8 Å². The van der Waals surface area contributed by atoms with Crippen molar-refractivity contribution in [3.63, 3.8) is 0 Å². The molecule has 2 aromatic heterocycles. The highest BCUT2D eigenvalue weighted by molar-refractivity contribution is 7.20. The number of carbonyl (C=O) groups excluding carboxylic acids is 1. The van der Waals surface area contributed by atoms with Gasteiger partial charge in [0, 0.05) is 42.3 Å². The van der Waals surface area contributed by atoms with Gasteiger partial charge in [0.25, 0.3) is 5.91 Å². The fourth-order valence-electron chi connectivity index (χ4n) is 4.05. The molecule has 0 spiro atoms. The third-order valence-electron chi connectivity index (χ3n) is 5.75. The lowest BCUT2D eigenvalue weighted by atomic mass is 10.2. The molecule has 0 aliphatic carbocycles. The lowest BCUT2D eigenvalue weighted by molar-refractivity contribution is 0.0751. The molecular weight excluding hydrogens is 428 g/mol. The predicted octanol–water partition coefficient (Wildman–Crippen LogP) is 5.07. The molecule has 0 bridgehead atoms. The molecule has 3 heterocycles. The fraction of sp³-hybridized carbons (Fsp3) is 0.250. The van der Waals surface area contributed by atoms with Crippen LogP contribution in [0.2, 0.25) is 5.02 Å². The maximum Gasteiger partial charge on any atom is 0.264 e. The van der Waals surface area contributed by atoms with Crippen molar-refractivity contribution < 1.29 is 4.79 Å². The Bertz CT molecular complexity index is 1210. The van der Waals surface area contributed by atoms with Gasteiger partial charge in [0.1, 0.15) is 4.83 Å². The molecule has 0 radical (unpaired) electrons. The number of anilines is 1. The number of fused-ring (bicyclic) bond motifs is 1. The molecule has 1 amide bonds. The van der Waals surface area contributed by atoms with Crippen LogP contribution in [-0.4, -0.2) is 46.8 Å². The van der Waals surface area contributed by atoms with Gasteiger partial charge in [-0.2, -0.15) is 5.10 Å². The predicted molar refractivity (Wildman–Crippen MR) is 127 cm³/mol. The van der Waals surface area contributed by atoms with E-state index in [1.165, 1.54) is 17.0 Å². The average Bonchev–Trinajstić information content (AvgIpc) is 3.37. The summed E-state index contributed by atoms with van der Waals surface area (Å²) in [5.74, 6) is 0.117. The monoisotopic (exact) mass is 450 g/mol. The highest BCUT2D eigenvalue weighted by atomic mass is 35.5. The van der Waals surface area contributed by atoms with Crippen LogP contribution in [0, 0.1) is 6.92 Å². The lowest BCUT2D eigenvalue weighted by Gasteiger charge is -2.35. The summed E-state index contributed by atoms with van der Waals surface area (Å²) in [5.41, 5.74) is 3.30. The normalized spacial score (nSPS) is 14.4. The van der Waals surface area contributed by atoms with Crippen LogP contribution in [0.3, 0.4) is 0 Å². The zero-order valence-electron chi connectivity index (χ0n) is 17.3. The number of halogens is 1. The SMILES string of the molecule is Cc1nn(Cc2ccc(Cl)cc2)c2sc(C(=O)N3CCN(c4ccccc4)CC3)cc12. The van der Waals surface area contributed by atoms with Crippen LogP contribution in [0.4, 0.5) is 5.69 Å². The Morgan fingerprint density at radius 3 is 2.45 bits per heavy atom. The number of aromatic nitrogens is 2. The first-order valence-corrected chi connectivity index (χ1v) is 11.6. The molecular formula is C24H23ClN4OS. The summed E-state index contributed by atoms with van der Waals surface area (Å²) in [4.78, 5) is 19.3. The van der Waals surface area contributed by atoms with Crippen LogP contribution >= 0.6 is 22.9 Å². The molecule has 1 fully saturated rings. The first-order valence-electron chi connectivity index (χ1n) is 10.4. The van der Waals surface area contributed by atoms with Crippen LogP contribution in [0.5, 0.6) is 0 Å². The van der Waals surface area contributed by atoms with Gasteiger partial charge in [-0.25, -0.2) is 0 Å². The molecule has 0 unspecified atom stereocenters. The summed E-state index contributed by atoms with van der Waals surface area (Å²) in [6.45, 7) is 5.83. The number of nitrogens with zero attached hydrogens (tertiary/aromatic N) is 4. The number of para-hydroxylation sites is 1. The van der Waals surface area contributed by atoms with E-state index in [0.29, 0.717) is 6.54 Å². The van der Waals surface area contributed by atoms with Crippen LogP contribution < -0.4 is 4.90 Å². The van der Waals surface area contributed by atoms with E-state index < -0.39 is 0 Å². The number of hydrogen-bond acceptors (Lipinski definition) is 4. The quantitative estimate of drug-likeness (QED) is 0.436. The molecule has 1 aliphatic heterocycles. The number of aryl methyl sites for hydroxylation is 1. The summed E-state index contributed by atoms with van der Waals surface area (Å²) in [6.07, 6.45) is 0. The van der Waals surface area contributed by atoms with Crippen molar-refractivity contribution in [1.82, 2.24) is 14.7 Å². The van der Waals surface area contributed by atoms with Crippen molar-refractivity contribution in [2.45, 2.75) is 13.5 Å². The van der Waals surface area contributed by atoms with Crippen LogP contribution in [0.25, 0.3) is 10.2 Å². The topological polar surface area (TPSA) is 41.4 Å². The Kier molecular flexibility index (Phi) is 5.42. The summed E-state index contributed by atoms with van der Waals surface area (Å²) in [5, 5.41) is 6.47. The van der Waals surface area contributed by atoms with Crippen LogP contribution in [0.15, 0.2) is 60.7 Å². The second-order valence-corrected chi connectivity index (χ2v) is 9.28. The van der Waals surface area contributed by atoms with Crippen molar-refractivity contribution >= 4 is 44.7 Å². The molecule has 0 N–H and O–H groups in total. The van der Waals surface area contributed by atoms with Gasteiger partial charge in [-0.1, -0.05) is 41.9 Å². The zero-order chi connectivity index (χ0) is 21.4. The number of piperazine rings is 1. The number of rotatable bonds is 4. The Morgan fingerprint density at radius 2 is 1.74 bits per heavy atom. The first-order chi connectivity index (χ1) is 15.1. The number of amides is 1.